The van der Waals surface area contributed by atoms with Crippen LogP contribution in [0.3, 0.4) is 0 Å². The number of benzene rings is 1. The van der Waals surface area contributed by atoms with Crippen LogP contribution >= 0.6 is 0 Å². The van der Waals surface area contributed by atoms with Gasteiger partial charge in [-0.15, -0.1) is 0 Å². The first kappa shape index (κ1) is 18.4. The fourth-order valence-corrected chi connectivity index (χ4v) is 2.43. The first-order valence-electron chi connectivity index (χ1n) is 8.67. The quantitative estimate of drug-likeness (QED) is 0.690. The van der Waals surface area contributed by atoms with Crippen molar-refractivity contribution in [3.63, 3.8) is 0 Å². The lowest BCUT2D eigenvalue weighted by Crippen LogP contribution is -2.44. The van der Waals surface area contributed by atoms with Crippen LogP contribution in [0.1, 0.15) is 27.7 Å². The van der Waals surface area contributed by atoms with Crippen molar-refractivity contribution in [1.82, 2.24) is 14.6 Å². The Morgan fingerprint density at radius 3 is 2.46 bits per heavy atom. The van der Waals surface area contributed by atoms with Gasteiger partial charge in [-0.05, 0) is 25.2 Å². The average molecular weight is 353 g/mol. The molecule has 26 heavy (non-hydrogen) atoms. The Morgan fingerprint density at radius 2 is 1.85 bits per heavy atom. The summed E-state index contributed by atoms with van der Waals surface area (Å²) in [6, 6.07) is 11.2. The Balaban J connectivity index is 1.81. The van der Waals surface area contributed by atoms with E-state index in [1.54, 1.807) is 17.7 Å². The van der Waals surface area contributed by atoms with Crippen molar-refractivity contribution in [2.75, 3.05) is 7.11 Å². The van der Waals surface area contributed by atoms with E-state index in [4.69, 9.17) is 9.39 Å². The van der Waals surface area contributed by atoms with E-state index < -0.39 is 12.7 Å². The lowest BCUT2D eigenvalue weighted by molar-refractivity contribution is 0.0423. The maximum Gasteiger partial charge on any atom is 0.491 e. The molecule has 1 N–H and O–H groups in total. The average Bonchev–Trinajstić information content (AvgIpc) is 3.04. The molecule has 3 aromatic rings. The highest BCUT2D eigenvalue weighted by atomic mass is 16.5. The Morgan fingerprint density at radius 1 is 1.15 bits per heavy atom. The first-order chi connectivity index (χ1) is 12.3. The Bertz CT molecular complexity index is 891. The zero-order chi connectivity index (χ0) is 18.9. The lowest BCUT2D eigenvalue weighted by Gasteiger charge is -2.31. The van der Waals surface area contributed by atoms with Crippen LogP contribution in [-0.2, 0) is 4.65 Å². The van der Waals surface area contributed by atoms with Gasteiger partial charge < -0.3 is 14.4 Å². The number of fused-ring (bicyclic) bond motifs is 1. The third kappa shape index (κ3) is 3.74. The van der Waals surface area contributed by atoms with E-state index in [2.05, 4.69) is 23.9 Å². The van der Waals surface area contributed by atoms with E-state index in [0.717, 1.165) is 11.3 Å². The molecule has 0 unspecified atom stereocenters. The summed E-state index contributed by atoms with van der Waals surface area (Å²) in [5, 5.41) is 14.9. The Hall–Kier alpha value is -2.38. The van der Waals surface area contributed by atoms with Crippen molar-refractivity contribution in [2.45, 2.75) is 33.3 Å². The van der Waals surface area contributed by atoms with Gasteiger partial charge in [-0.25, -0.2) is 4.52 Å². The molecule has 0 saturated heterocycles. The van der Waals surface area contributed by atoms with Crippen molar-refractivity contribution in [1.29, 1.82) is 0 Å². The molecule has 0 fully saturated rings. The van der Waals surface area contributed by atoms with Crippen molar-refractivity contribution in [2.24, 2.45) is 5.92 Å². The molecule has 0 aliphatic rings. The molecule has 0 amide bonds. The normalized spacial score (nSPS) is 12.0. The number of nitrogens with zero attached hydrogens (tertiary/aromatic N) is 3. The fraction of sp³-hybridized carbons (Fsp3) is 0.368. The summed E-state index contributed by atoms with van der Waals surface area (Å²) in [6.07, 6.45) is 1.81. The van der Waals surface area contributed by atoms with Crippen molar-refractivity contribution < 1.29 is 14.4 Å². The van der Waals surface area contributed by atoms with Crippen LogP contribution in [0, 0.1) is 5.92 Å². The van der Waals surface area contributed by atoms with Gasteiger partial charge in [-0.2, -0.15) is 10.1 Å². The molecule has 2 heterocycles. The molecule has 136 valence electrons. The van der Waals surface area contributed by atoms with E-state index in [1.807, 2.05) is 50.4 Å². The molecular weight excluding hydrogens is 329 g/mol. The molecule has 0 atom stereocenters. The van der Waals surface area contributed by atoms with Gasteiger partial charge in [-0.1, -0.05) is 38.1 Å². The van der Waals surface area contributed by atoms with Crippen LogP contribution in [0.15, 0.2) is 42.6 Å². The third-order valence-electron chi connectivity index (χ3n) is 4.81. The van der Waals surface area contributed by atoms with Gasteiger partial charge in [0.15, 0.2) is 5.65 Å². The van der Waals surface area contributed by atoms with E-state index in [-0.39, 0.29) is 0 Å². The standard InChI is InChI=1S/C19H24BN3O3/c1-13(2)19(3,4)26-20(24)15-8-6-14(7-9-15)16-12-17-21-18(25-5)10-11-23(17)22-16/h6-13,24H,1-5H3. The first-order valence-corrected chi connectivity index (χ1v) is 8.67. The van der Waals surface area contributed by atoms with E-state index in [1.165, 1.54) is 0 Å². The van der Waals surface area contributed by atoms with Gasteiger partial charge in [0.25, 0.3) is 0 Å². The minimum atomic E-state index is -0.964. The zero-order valence-corrected chi connectivity index (χ0v) is 15.8. The van der Waals surface area contributed by atoms with Crippen LogP contribution in [0.25, 0.3) is 16.9 Å². The predicted molar refractivity (Wildman–Crippen MR) is 103 cm³/mol. The summed E-state index contributed by atoms with van der Waals surface area (Å²) in [6.45, 7) is 8.10. The molecule has 2 aromatic heterocycles. The largest absolute Gasteiger partial charge is 0.491 e. The summed E-state index contributed by atoms with van der Waals surface area (Å²) in [5.41, 5.74) is 2.75. The second-order valence-electron chi connectivity index (χ2n) is 7.15. The van der Waals surface area contributed by atoms with Crippen LogP contribution in [0.2, 0.25) is 0 Å². The summed E-state index contributed by atoms with van der Waals surface area (Å²) in [5.74, 6) is 0.839. The number of hydrogen-bond acceptors (Lipinski definition) is 5. The van der Waals surface area contributed by atoms with Gasteiger partial charge in [0.05, 0.1) is 18.4 Å². The molecule has 1 aromatic carbocycles. The van der Waals surface area contributed by atoms with Crippen LogP contribution < -0.4 is 10.2 Å². The highest BCUT2D eigenvalue weighted by Gasteiger charge is 2.30. The van der Waals surface area contributed by atoms with Gasteiger partial charge in [-0.3, -0.25) is 0 Å². The molecule has 0 spiro atoms. The van der Waals surface area contributed by atoms with Crippen LogP contribution in [-0.4, -0.2) is 39.5 Å². The molecule has 6 nitrogen and oxygen atoms in total. The van der Waals surface area contributed by atoms with Gasteiger partial charge in [0, 0.05) is 23.9 Å². The molecule has 0 bridgehead atoms. The van der Waals surface area contributed by atoms with Gasteiger partial charge in [0.2, 0.25) is 5.88 Å². The summed E-state index contributed by atoms with van der Waals surface area (Å²) in [4.78, 5) is 4.36. The van der Waals surface area contributed by atoms with E-state index in [0.29, 0.717) is 22.9 Å². The minimum Gasteiger partial charge on any atom is -0.481 e. The smallest absolute Gasteiger partial charge is 0.481 e. The molecular formula is C19H24BN3O3. The molecule has 0 saturated carbocycles. The Kier molecular flexibility index (Phi) is 5.02. The van der Waals surface area contributed by atoms with Crippen molar-refractivity contribution >= 4 is 18.2 Å². The number of hydrogen-bond donors (Lipinski definition) is 1. The molecule has 0 aliphatic heterocycles. The molecule has 7 heteroatoms. The minimum absolute atomic E-state index is 0.291. The lowest BCUT2D eigenvalue weighted by atomic mass is 9.77. The fourth-order valence-electron chi connectivity index (χ4n) is 2.43. The van der Waals surface area contributed by atoms with Crippen LogP contribution in [0.5, 0.6) is 5.88 Å². The second kappa shape index (κ2) is 7.09. The zero-order valence-electron chi connectivity index (χ0n) is 15.8. The highest BCUT2D eigenvalue weighted by Crippen LogP contribution is 2.22. The summed E-state index contributed by atoms with van der Waals surface area (Å²) >= 11 is 0. The number of ether oxygens (including phenoxy) is 1. The molecule has 0 aliphatic carbocycles. The number of methoxy groups -OCH3 is 1. The van der Waals surface area contributed by atoms with Gasteiger partial charge in [0.1, 0.15) is 0 Å². The summed E-state index contributed by atoms with van der Waals surface area (Å²) < 4.78 is 12.7. The number of rotatable bonds is 6. The van der Waals surface area contributed by atoms with Crippen LogP contribution in [0.4, 0.5) is 0 Å². The second-order valence-corrected chi connectivity index (χ2v) is 7.15. The molecule has 3 rings (SSSR count). The maximum atomic E-state index is 10.4. The van der Waals surface area contributed by atoms with Crippen molar-refractivity contribution in [3.8, 4) is 17.1 Å². The Labute approximate surface area is 153 Å². The van der Waals surface area contributed by atoms with Gasteiger partial charge >= 0.3 is 7.12 Å². The van der Waals surface area contributed by atoms with E-state index in [9.17, 15) is 5.02 Å². The maximum absolute atomic E-state index is 10.4. The third-order valence-corrected chi connectivity index (χ3v) is 4.81. The van der Waals surface area contributed by atoms with E-state index >= 15 is 0 Å². The predicted octanol–water partition coefficient (Wildman–Crippen LogP) is 2.54. The summed E-state index contributed by atoms with van der Waals surface area (Å²) in [7, 11) is 0.622. The monoisotopic (exact) mass is 353 g/mol. The highest BCUT2D eigenvalue weighted by molar-refractivity contribution is 6.60. The topological polar surface area (TPSA) is 68.9 Å². The SMILES string of the molecule is COc1ccn2nc(-c3ccc(B(O)OC(C)(C)C(C)C)cc3)cc2n1. The number of aromatic nitrogens is 3. The van der Waals surface area contributed by atoms with Crippen molar-refractivity contribution in [3.05, 3.63) is 42.6 Å². The molecule has 0 radical (unpaired) electrons.